The van der Waals surface area contributed by atoms with Crippen LogP contribution in [0.2, 0.25) is 0 Å². The van der Waals surface area contributed by atoms with Crippen LogP contribution in [0.25, 0.3) is 0 Å². The fourth-order valence-corrected chi connectivity index (χ4v) is 2.92. The molecule has 0 spiro atoms. The number of nitrogens with one attached hydrogen (secondary N) is 1. The van der Waals surface area contributed by atoms with Gasteiger partial charge in [-0.25, -0.2) is 9.78 Å². The normalized spacial score (nSPS) is 10.4. The molecule has 2 rings (SSSR count). The minimum Gasteiger partial charge on any atom is -0.476 e. The molecule has 0 aliphatic heterocycles. The Bertz CT molecular complexity index is 675. The van der Waals surface area contributed by atoms with Crippen molar-refractivity contribution < 1.29 is 14.7 Å². The Kier molecular flexibility index (Phi) is 4.37. The average molecular weight is 304 g/mol. The number of hydrogen-bond acceptors (Lipinski definition) is 5. The van der Waals surface area contributed by atoms with Crippen LogP contribution in [-0.2, 0) is 6.42 Å². The molecule has 0 radical (unpaired) electrons. The third-order valence-electron chi connectivity index (χ3n) is 3.12. The lowest BCUT2D eigenvalue weighted by Gasteiger charge is -2.11. The van der Waals surface area contributed by atoms with Gasteiger partial charge in [-0.3, -0.25) is 4.79 Å². The number of aryl methyl sites for hydroxylation is 2. The minimum atomic E-state index is -1.19. The minimum absolute atomic E-state index is 0.164. The van der Waals surface area contributed by atoms with E-state index in [1.807, 2.05) is 32.0 Å². The second-order valence-corrected chi connectivity index (χ2v) is 5.64. The van der Waals surface area contributed by atoms with Crippen molar-refractivity contribution in [1.29, 1.82) is 0 Å². The zero-order valence-electron chi connectivity index (χ0n) is 12.1. The number of carboxylic acids is 1. The van der Waals surface area contributed by atoms with Crippen molar-refractivity contribution in [3.8, 4) is 0 Å². The number of benzene rings is 1. The van der Waals surface area contributed by atoms with Crippen molar-refractivity contribution in [2.24, 2.45) is 0 Å². The summed E-state index contributed by atoms with van der Waals surface area (Å²) >= 11 is 1.07. The summed E-state index contributed by atoms with van der Waals surface area (Å²) in [6.45, 7) is 5.36. The molecule has 0 bridgehead atoms. The Balaban J connectivity index is 2.43. The highest BCUT2D eigenvalue weighted by atomic mass is 32.1. The number of thiazole rings is 1. The second kappa shape index (κ2) is 6.05. The molecule has 1 aromatic heterocycles. The zero-order chi connectivity index (χ0) is 15.6. The standard InChI is InChI=1S/C15H16N2O3S/c1-4-10-7-5-6-8(2)11(10)16-15-17-12(14(19)20)13(21-15)9(3)18/h5-7H,4H2,1-3H3,(H,16,17)(H,19,20). The van der Waals surface area contributed by atoms with E-state index in [0.717, 1.165) is 34.6 Å². The van der Waals surface area contributed by atoms with Crippen molar-refractivity contribution in [1.82, 2.24) is 4.98 Å². The summed E-state index contributed by atoms with van der Waals surface area (Å²) in [5.74, 6) is -1.48. The summed E-state index contributed by atoms with van der Waals surface area (Å²) in [5, 5.41) is 12.7. The molecular formula is C15H16N2O3S. The molecule has 0 amide bonds. The SMILES string of the molecule is CCc1cccc(C)c1Nc1nc(C(=O)O)c(C(C)=O)s1. The first-order valence-corrected chi connectivity index (χ1v) is 7.36. The number of Topliss-reactive ketones (excluding diaryl/α,β-unsaturated/α-hetero) is 1. The average Bonchev–Trinajstić information content (AvgIpc) is 2.85. The van der Waals surface area contributed by atoms with Gasteiger partial charge < -0.3 is 10.4 Å². The van der Waals surface area contributed by atoms with Gasteiger partial charge in [-0.05, 0) is 24.5 Å². The Morgan fingerprint density at radius 3 is 2.62 bits per heavy atom. The van der Waals surface area contributed by atoms with E-state index >= 15 is 0 Å². The summed E-state index contributed by atoms with van der Waals surface area (Å²) < 4.78 is 0. The molecule has 0 atom stereocenters. The summed E-state index contributed by atoms with van der Waals surface area (Å²) in [5.41, 5.74) is 2.89. The number of anilines is 2. The first-order valence-electron chi connectivity index (χ1n) is 6.54. The molecule has 5 nitrogen and oxygen atoms in total. The lowest BCUT2D eigenvalue weighted by atomic mass is 10.1. The number of carbonyl (C=O) groups excluding carboxylic acids is 1. The predicted octanol–water partition coefficient (Wildman–Crippen LogP) is 3.66. The van der Waals surface area contributed by atoms with Crippen LogP contribution in [0.1, 0.15) is 45.1 Å². The van der Waals surface area contributed by atoms with Crippen molar-refractivity contribution in [2.75, 3.05) is 5.32 Å². The van der Waals surface area contributed by atoms with E-state index in [1.165, 1.54) is 6.92 Å². The van der Waals surface area contributed by atoms with Gasteiger partial charge in [0, 0.05) is 12.6 Å². The molecule has 0 aliphatic rings. The number of ketones is 1. The van der Waals surface area contributed by atoms with Gasteiger partial charge in [0.15, 0.2) is 16.6 Å². The van der Waals surface area contributed by atoms with Gasteiger partial charge in [0.05, 0.1) is 0 Å². The quantitative estimate of drug-likeness (QED) is 0.824. The van der Waals surface area contributed by atoms with Crippen LogP contribution in [-0.4, -0.2) is 21.8 Å². The molecule has 1 heterocycles. The van der Waals surface area contributed by atoms with Crippen molar-refractivity contribution in [3.05, 3.63) is 39.9 Å². The molecule has 2 N–H and O–H groups in total. The molecule has 2 aromatic rings. The summed E-state index contributed by atoms with van der Waals surface area (Å²) in [6, 6.07) is 5.96. The molecule has 0 fully saturated rings. The van der Waals surface area contributed by atoms with Crippen LogP contribution < -0.4 is 5.32 Å². The number of carboxylic acid groups (broad SMARTS) is 1. The number of aromatic carboxylic acids is 1. The van der Waals surface area contributed by atoms with Crippen LogP contribution in [0.3, 0.4) is 0 Å². The van der Waals surface area contributed by atoms with Gasteiger partial charge >= 0.3 is 5.97 Å². The van der Waals surface area contributed by atoms with E-state index in [2.05, 4.69) is 10.3 Å². The van der Waals surface area contributed by atoms with Crippen molar-refractivity contribution >= 4 is 33.9 Å². The lowest BCUT2D eigenvalue weighted by Crippen LogP contribution is -2.04. The van der Waals surface area contributed by atoms with Gasteiger partial charge in [-0.1, -0.05) is 36.5 Å². The maximum absolute atomic E-state index is 11.5. The van der Waals surface area contributed by atoms with Crippen LogP contribution in [0.5, 0.6) is 0 Å². The van der Waals surface area contributed by atoms with Gasteiger partial charge in [-0.15, -0.1) is 0 Å². The molecular weight excluding hydrogens is 288 g/mol. The number of rotatable bonds is 5. The fraction of sp³-hybridized carbons (Fsp3) is 0.267. The molecule has 1 aromatic carbocycles. The highest BCUT2D eigenvalue weighted by Gasteiger charge is 2.21. The third-order valence-corrected chi connectivity index (χ3v) is 4.19. The summed E-state index contributed by atoms with van der Waals surface area (Å²) in [7, 11) is 0. The van der Waals surface area contributed by atoms with Crippen LogP contribution in [0.4, 0.5) is 10.8 Å². The zero-order valence-corrected chi connectivity index (χ0v) is 12.9. The molecule has 0 unspecified atom stereocenters. The van der Waals surface area contributed by atoms with Gasteiger partial charge in [0.2, 0.25) is 0 Å². The summed E-state index contributed by atoms with van der Waals surface area (Å²) in [4.78, 5) is 26.8. The fourth-order valence-electron chi connectivity index (χ4n) is 2.07. The number of para-hydroxylation sites is 1. The molecule has 0 saturated carbocycles. The number of hydrogen-bond donors (Lipinski definition) is 2. The Hall–Kier alpha value is -2.21. The largest absolute Gasteiger partial charge is 0.476 e. The molecule has 110 valence electrons. The smallest absolute Gasteiger partial charge is 0.356 e. The molecule has 6 heteroatoms. The Morgan fingerprint density at radius 1 is 1.38 bits per heavy atom. The summed E-state index contributed by atoms with van der Waals surface area (Å²) in [6.07, 6.45) is 0.848. The maximum atomic E-state index is 11.5. The highest BCUT2D eigenvalue weighted by Crippen LogP contribution is 2.30. The van der Waals surface area contributed by atoms with Crippen LogP contribution >= 0.6 is 11.3 Å². The molecule has 21 heavy (non-hydrogen) atoms. The first-order chi connectivity index (χ1) is 9.93. The van der Waals surface area contributed by atoms with E-state index in [1.54, 1.807) is 0 Å². The van der Waals surface area contributed by atoms with E-state index in [0.29, 0.717) is 5.13 Å². The topological polar surface area (TPSA) is 79.3 Å². The number of carbonyl (C=O) groups is 2. The highest BCUT2D eigenvalue weighted by molar-refractivity contribution is 7.17. The Morgan fingerprint density at radius 2 is 2.10 bits per heavy atom. The van der Waals surface area contributed by atoms with Gasteiger partial charge in [0.25, 0.3) is 0 Å². The van der Waals surface area contributed by atoms with Crippen LogP contribution in [0.15, 0.2) is 18.2 Å². The monoisotopic (exact) mass is 304 g/mol. The number of nitrogens with zero attached hydrogens (tertiary/aromatic N) is 1. The third kappa shape index (κ3) is 3.11. The molecule has 0 aliphatic carbocycles. The predicted molar refractivity (Wildman–Crippen MR) is 82.9 cm³/mol. The maximum Gasteiger partial charge on any atom is 0.356 e. The van der Waals surface area contributed by atoms with E-state index in [4.69, 9.17) is 5.11 Å². The lowest BCUT2D eigenvalue weighted by molar-refractivity contribution is 0.0687. The van der Waals surface area contributed by atoms with E-state index in [9.17, 15) is 9.59 Å². The van der Waals surface area contributed by atoms with Gasteiger partial charge in [-0.2, -0.15) is 0 Å². The first kappa shape index (κ1) is 15.2. The van der Waals surface area contributed by atoms with E-state index in [-0.39, 0.29) is 16.4 Å². The Labute approximate surface area is 126 Å². The van der Waals surface area contributed by atoms with Gasteiger partial charge in [0.1, 0.15) is 4.88 Å². The van der Waals surface area contributed by atoms with Crippen LogP contribution in [0, 0.1) is 6.92 Å². The molecule has 0 saturated heterocycles. The van der Waals surface area contributed by atoms with Crippen molar-refractivity contribution in [3.63, 3.8) is 0 Å². The second-order valence-electron chi connectivity index (χ2n) is 4.65. The number of aromatic nitrogens is 1. The van der Waals surface area contributed by atoms with E-state index < -0.39 is 5.97 Å². The van der Waals surface area contributed by atoms with Crippen molar-refractivity contribution in [2.45, 2.75) is 27.2 Å².